The van der Waals surface area contributed by atoms with Gasteiger partial charge in [0.25, 0.3) is 5.91 Å². The van der Waals surface area contributed by atoms with Crippen molar-refractivity contribution in [2.75, 3.05) is 19.5 Å². The average molecular weight is 400 g/mol. The maximum absolute atomic E-state index is 12.8. The zero-order valence-corrected chi connectivity index (χ0v) is 17.0. The Labute approximate surface area is 169 Å². The van der Waals surface area contributed by atoms with Crippen LogP contribution in [0.15, 0.2) is 42.5 Å². The van der Waals surface area contributed by atoms with Crippen LogP contribution in [0.5, 0.6) is 11.5 Å². The topological polar surface area (TPSA) is 65.4 Å². The first kappa shape index (κ1) is 19.8. The average Bonchev–Trinajstić information content (AvgIpc) is 2.95. The zero-order chi connectivity index (χ0) is 20.3. The Bertz CT molecular complexity index is 1010. The number of aryl methyl sites for hydroxylation is 1. The van der Waals surface area contributed by atoms with E-state index >= 15 is 0 Å². The van der Waals surface area contributed by atoms with E-state index in [0.29, 0.717) is 28.6 Å². The fourth-order valence-corrected chi connectivity index (χ4v) is 3.19. The maximum atomic E-state index is 12.8. The SMILES string of the molecule is COc1cccc(Cn2nc(C)c(NC(=O)c3cc(Cl)ccc3OC)c2C)c1. The lowest BCUT2D eigenvalue weighted by molar-refractivity contribution is 0.102. The Hall–Kier alpha value is -2.99. The molecule has 0 spiro atoms. The van der Waals surface area contributed by atoms with Gasteiger partial charge in [0.1, 0.15) is 11.5 Å². The molecule has 2 aromatic carbocycles. The molecule has 0 aliphatic heterocycles. The van der Waals surface area contributed by atoms with E-state index in [4.69, 9.17) is 21.1 Å². The zero-order valence-electron chi connectivity index (χ0n) is 16.2. The number of rotatable bonds is 6. The third kappa shape index (κ3) is 4.12. The van der Waals surface area contributed by atoms with Crippen LogP contribution < -0.4 is 14.8 Å². The van der Waals surface area contributed by atoms with Crippen molar-refractivity contribution in [1.29, 1.82) is 0 Å². The monoisotopic (exact) mass is 399 g/mol. The molecular formula is C21H22ClN3O3. The van der Waals surface area contributed by atoms with Gasteiger partial charge in [-0.25, -0.2) is 0 Å². The van der Waals surface area contributed by atoms with Crippen LogP contribution in [0, 0.1) is 13.8 Å². The molecule has 0 aliphatic rings. The van der Waals surface area contributed by atoms with E-state index in [1.54, 1.807) is 25.3 Å². The second-order valence-corrected chi connectivity index (χ2v) is 6.79. The molecule has 28 heavy (non-hydrogen) atoms. The van der Waals surface area contributed by atoms with Gasteiger partial charge in [0.2, 0.25) is 0 Å². The lowest BCUT2D eigenvalue weighted by Crippen LogP contribution is -2.14. The smallest absolute Gasteiger partial charge is 0.259 e. The number of hydrogen-bond acceptors (Lipinski definition) is 4. The Morgan fingerprint density at radius 1 is 1.14 bits per heavy atom. The molecule has 1 aromatic heterocycles. The van der Waals surface area contributed by atoms with Gasteiger partial charge in [-0.2, -0.15) is 5.10 Å². The second kappa shape index (κ2) is 8.35. The van der Waals surface area contributed by atoms with Gasteiger partial charge < -0.3 is 14.8 Å². The molecule has 0 aliphatic carbocycles. The van der Waals surface area contributed by atoms with Crippen LogP contribution in [-0.4, -0.2) is 29.9 Å². The standard InChI is InChI=1S/C21H22ClN3O3/c1-13-20(23-21(26)18-11-16(22)8-9-19(18)28-4)14(2)25(24-13)12-15-6-5-7-17(10-15)27-3/h5-11H,12H2,1-4H3,(H,23,26). The molecule has 3 aromatic rings. The summed E-state index contributed by atoms with van der Waals surface area (Å²) in [6.45, 7) is 4.35. The van der Waals surface area contributed by atoms with Crippen LogP contribution in [0.2, 0.25) is 5.02 Å². The van der Waals surface area contributed by atoms with Crippen LogP contribution in [0.3, 0.4) is 0 Å². The third-order valence-electron chi connectivity index (χ3n) is 4.49. The van der Waals surface area contributed by atoms with Gasteiger partial charge in [0, 0.05) is 5.02 Å². The Morgan fingerprint density at radius 2 is 1.93 bits per heavy atom. The normalized spacial score (nSPS) is 10.6. The van der Waals surface area contributed by atoms with Gasteiger partial charge in [0.05, 0.1) is 43.4 Å². The minimum absolute atomic E-state index is 0.300. The van der Waals surface area contributed by atoms with Crippen molar-refractivity contribution < 1.29 is 14.3 Å². The lowest BCUT2D eigenvalue weighted by Gasteiger charge is -2.11. The lowest BCUT2D eigenvalue weighted by atomic mass is 10.1. The minimum Gasteiger partial charge on any atom is -0.497 e. The van der Waals surface area contributed by atoms with Crippen LogP contribution in [0.1, 0.15) is 27.3 Å². The number of carbonyl (C=O) groups is 1. The number of carbonyl (C=O) groups excluding carboxylic acids is 1. The summed E-state index contributed by atoms with van der Waals surface area (Å²) in [6, 6.07) is 12.7. The Morgan fingerprint density at radius 3 is 2.64 bits per heavy atom. The van der Waals surface area contributed by atoms with E-state index in [1.165, 1.54) is 7.11 Å². The molecule has 1 amide bonds. The summed E-state index contributed by atoms with van der Waals surface area (Å²) in [5.41, 5.74) is 3.69. The second-order valence-electron chi connectivity index (χ2n) is 6.35. The largest absolute Gasteiger partial charge is 0.497 e. The molecule has 0 saturated heterocycles. The molecular weight excluding hydrogens is 378 g/mol. The number of halogens is 1. The van der Waals surface area contributed by atoms with Gasteiger partial charge in [-0.3, -0.25) is 9.48 Å². The molecule has 0 saturated carbocycles. The number of benzene rings is 2. The molecule has 0 unspecified atom stereocenters. The highest BCUT2D eigenvalue weighted by molar-refractivity contribution is 6.31. The van der Waals surface area contributed by atoms with E-state index < -0.39 is 0 Å². The van der Waals surface area contributed by atoms with Gasteiger partial charge >= 0.3 is 0 Å². The summed E-state index contributed by atoms with van der Waals surface area (Å²) < 4.78 is 12.4. The molecule has 0 radical (unpaired) electrons. The third-order valence-corrected chi connectivity index (χ3v) is 4.73. The van der Waals surface area contributed by atoms with E-state index in [2.05, 4.69) is 10.4 Å². The summed E-state index contributed by atoms with van der Waals surface area (Å²) >= 11 is 6.04. The van der Waals surface area contributed by atoms with Crippen molar-refractivity contribution in [2.24, 2.45) is 0 Å². The van der Waals surface area contributed by atoms with E-state index in [-0.39, 0.29) is 5.91 Å². The Balaban J connectivity index is 1.86. The van der Waals surface area contributed by atoms with Gasteiger partial charge in [-0.15, -0.1) is 0 Å². The van der Waals surface area contributed by atoms with Crippen LogP contribution >= 0.6 is 11.6 Å². The molecule has 3 rings (SSSR count). The molecule has 0 bridgehead atoms. The van der Waals surface area contributed by atoms with E-state index in [9.17, 15) is 4.79 Å². The summed E-state index contributed by atoms with van der Waals surface area (Å²) in [5, 5.41) is 7.98. The number of hydrogen-bond donors (Lipinski definition) is 1. The summed E-state index contributed by atoms with van der Waals surface area (Å²) in [6.07, 6.45) is 0. The molecule has 1 heterocycles. The first-order valence-corrected chi connectivity index (χ1v) is 9.12. The van der Waals surface area contributed by atoms with Gasteiger partial charge in [-0.05, 0) is 49.7 Å². The van der Waals surface area contributed by atoms with Crippen molar-refractivity contribution in [3.05, 3.63) is 70.0 Å². The molecule has 6 nitrogen and oxygen atoms in total. The number of nitrogens with one attached hydrogen (secondary N) is 1. The highest BCUT2D eigenvalue weighted by Crippen LogP contribution is 2.26. The quantitative estimate of drug-likeness (QED) is 0.664. The highest BCUT2D eigenvalue weighted by atomic mass is 35.5. The predicted octanol–water partition coefficient (Wildman–Crippen LogP) is 4.47. The minimum atomic E-state index is -0.300. The highest BCUT2D eigenvalue weighted by Gasteiger charge is 2.18. The fraction of sp³-hybridized carbons (Fsp3) is 0.238. The van der Waals surface area contributed by atoms with Crippen molar-refractivity contribution in [1.82, 2.24) is 9.78 Å². The fourth-order valence-electron chi connectivity index (χ4n) is 3.01. The number of aromatic nitrogens is 2. The van der Waals surface area contributed by atoms with E-state index in [0.717, 1.165) is 22.7 Å². The first-order chi connectivity index (χ1) is 13.4. The molecule has 0 fully saturated rings. The number of ether oxygens (including phenoxy) is 2. The van der Waals surface area contributed by atoms with Crippen molar-refractivity contribution >= 4 is 23.2 Å². The molecule has 0 atom stereocenters. The van der Waals surface area contributed by atoms with Crippen LogP contribution in [-0.2, 0) is 6.54 Å². The van der Waals surface area contributed by atoms with Crippen molar-refractivity contribution in [2.45, 2.75) is 20.4 Å². The maximum Gasteiger partial charge on any atom is 0.259 e. The number of methoxy groups -OCH3 is 2. The summed E-state index contributed by atoms with van der Waals surface area (Å²) in [7, 11) is 3.16. The number of amides is 1. The van der Waals surface area contributed by atoms with Crippen molar-refractivity contribution in [3.63, 3.8) is 0 Å². The number of nitrogens with zero attached hydrogens (tertiary/aromatic N) is 2. The van der Waals surface area contributed by atoms with Gasteiger partial charge in [0.15, 0.2) is 0 Å². The Kier molecular flexibility index (Phi) is 5.90. The molecule has 146 valence electrons. The van der Waals surface area contributed by atoms with Gasteiger partial charge in [-0.1, -0.05) is 23.7 Å². The summed E-state index contributed by atoms with van der Waals surface area (Å²) in [4.78, 5) is 12.8. The van der Waals surface area contributed by atoms with E-state index in [1.807, 2.05) is 42.8 Å². The van der Waals surface area contributed by atoms with Crippen molar-refractivity contribution in [3.8, 4) is 11.5 Å². The molecule has 1 N–H and O–H groups in total. The first-order valence-electron chi connectivity index (χ1n) is 8.74. The van der Waals surface area contributed by atoms with Crippen LogP contribution in [0.4, 0.5) is 5.69 Å². The number of anilines is 1. The molecule has 7 heteroatoms. The van der Waals surface area contributed by atoms with Crippen LogP contribution in [0.25, 0.3) is 0 Å². The summed E-state index contributed by atoms with van der Waals surface area (Å²) in [5.74, 6) is 0.952. The predicted molar refractivity (Wildman–Crippen MR) is 110 cm³/mol.